The van der Waals surface area contributed by atoms with Crippen molar-refractivity contribution in [3.8, 4) is 0 Å². The minimum Gasteiger partial charge on any atom is -0.481 e. The molecule has 162 valence electrons. The first kappa shape index (κ1) is 21.1. The molecule has 3 N–H and O–H groups in total. The minimum atomic E-state index is -0.755. The first-order chi connectivity index (χ1) is 14.6. The maximum Gasteiger partial charge on any atom is 0.303 e. The summed E-state index contributed by atoms with van der Waals surface area (Å²) in [7, 11) is 0. The number of rotatable bonds is 7. The number of aliphatic hydroxyl groups is 2. The third-order valence-electron chi connectivity index (χ3n) is 6.66. The Morgan fingerprint density at radius 1 is 1.23 bits per heavy atom. The van der Waals surface area contributed by atoms with Gasteiger partial charge in [0, 0.05) is 30.8 Å². The number of aliphatic hydroxyl groups excluding tert-OH is 2. The van der Waals surface area contributed by atoms with E-state index in [2.05, 4.69) is 0 Å². The summed E-state index contributed by atoms with van der Waals surface area (Å²) in [5, 5.41) is 30.4. The summed E-state index contributed by atoms with van der Waals surface area (Å²) in [4.78, 5) is 10.8. The highest BCUT2D eigenvalue weighted by atomic mass is 16.5. The van der Waals surface area contributed by atoms with Crippen molar-refractivity contribution in [3.05, 3.63) is 42.2 Å². The predicted molar refractivity (Wildman–Crippen MR) is 113 cm³/mol. The number of benzene rings is 1. The monoisotopic (exact) mass is 414 g/mol. The van der Waals surface area contributed by atoms with Gasteiger partial charge in [-0.2, -0.15) is 0 Å². The van der Waals surface area contributed by atoms with Crippen molar-refractivity contribution in [1.29, 1.82) is 0 Å². The zero-order valence-corrected chi connectivity index (χ0v) is 17.1. The van der Waals surface area contributed by atoms with E-state index >= 15 is 0 Å². The maximum atomic E-state index is 10.9. The number of para-hydroxylation sites is 1. The highest BCUT2D eigenvalue weighted by molar-refractivity contribution is 5.82. The number of ether oxygens (including phenoxy) is 1. The average molecular weight is 414 g/mol. The van der Waals surface area contributed by atoms with Crippen molar-refractivity contribution in [2.75, 3.05) is 13.2 Å². The highest BCUT2D eigenvalue weighted by Crippen LogP contribution is 2.47. The number of hydrogen-bond acceptors (Lipinski definition) is 5. The lowest BCUT2D eigenvalue weighted by molar-refractivity contribution is -0.137. The topological polar surface area (TPSA) is 100 Å². The lowest BCUT2D eigenvalue weighted by Gasteiger charge is -2.25. The number of aliphatic carboxylic acids is 1. The van der Waals surface area contributed by atoms with Crippen LogP contribution < -0.4 is 0 Å². The van der Waals surface area contributed by atoms with E-state index in [0.717, 1.165) is 35.8 Å². The van der Waals surface area contributed by atoms with Gasteiger partial charge in [0.2, 0.25) is 0 Å². The molecular weight excluding hydrogens is 384 g/mol. The Balaban J connectivity index is 1.53. The van der Waals surface area contributed by atoms with Gasteiger partial charge >= 0.3 is 5.97 Å². The van der Waals surface area contributed by atoms with Gasteiger partial charge in [0.1, 0.15) is 11.3 Å². The highest BCUT2D eigenvalue weighted by Gasteiger charge is 2.46. The van der Waals surface area contributed by atoms with Crippen LogP contribution in [0.15, 0.2) is 40.8 Å². The van der Waals surface area contributed by atoms with Gasteiger partial charge in [-0.15, -0.1) is 0 Å². The Labute approximate surface area is 176 Å². The predicted octanol–water partition coefficient (Wildman–Crippen LogP) is 3.86. The quantitative estimate of drug-likeness (QED) is 0.636. The van der Waals surface area contributed by atoms with Crippen molar-refractivity contribution in [2.24, 2.45) is 17.8 Å². The van der Waals surface area contributed by atoms with Crippen LogP contribution in [-0.2, 0) is 9.53 Å². The zero-order chi connectivity index (χ0) is 21.1. The molecule has 4 rings (SSSR count). The lowest BCUT2D eigenvalue weighted by atomic mass is 9.81. The standard InChI is InChI=1S/C24H30O6/c25-11-10-18(22-12-16-5-1-2-6-20(16)30-22)24-17-9-8-15(4-3-7-23(27)28)14-29-21(17)13-19(24)26/h1-2,5-6,10,12,15,17,19,21,24-26H,3-4,7-9,11,13-14H2,(H,27,28)/b18-10+/t15-,17-,19+,21-,24-/m0/s1. The Morgan fingerprint density at radius 2 is 2.07 bits per heavy atom. The second-order valence-corrected chi connectivity index (χ2v) is 8.58. The molecule has 1 aromatic heterocycles. The second kappa shape index (κ2) is 9.33. The summed E-state index contributed by atoms with van der Waals surface area (Å²) in [6.45, 7) is 0.496. The van der Waals surface area contributed by atoms with Gasteiger partial charge in [0.05, 0.1) is 18.8 Å². The van der Waals surface area contributed by atoms with Crippen molar-refractivity contribution in [2.45, 2.75) is 50.7 Å². The molecule has 6 nitrogen and oxygen atoms in total. The van der Waals surface area contributed by atoms with Crippen molar-refractivity contribution < 1.29 is 29.3 Å². The summed E-state index contributed by atoms with van der Waals surface area (Å²) in [5.74, 6) is 0.284. The van der Waals surface area contributed by atoms with Gasteiger partial charge in [-0.3, -0.25) is 4.79 Å². The fourth-order valence-electron chi connectivity index (χ4n) is 5.24. The average Bonchev–Trinajstić information content (AvgIpc) is 3.22. The molecule has 0 radical (unpaired) electrons. The van der Waals surface area contributed by atoms with Gasteiger partial charge < -0.3 is 24.5 Å². The van der Waals surface area contributed by atoms with Crippen LogP contribution >= 0.6 is 0 Å². The van der Waals surface area contributed by atoms with Crippen molar-refractivity contribution >= 4 is 22.5 Å². The third kappa shape index (κ3) is 4.46. The van der Waals surface area contributed by atoms with E-state index in [-0.39, 0.29) is 31.0 Å². The zero-order valence-electron chi connectivity index (χ0n) is 17.1. The summed E-state index contributed by atoms with van der Waals surface area (Å²) >= 11 is 0. The minimum absolute atomic E-state index is 0.0269. The first-order valence-electron chi connectivity index (χ1n) is 10.9. The van der Waals surface area contributed by atoms with Gasteiger partial charge in [-0.25, -0.2) is 0 Å². The van der Waals surface area contributed by atoms with Crippen LogP contribution in [-0.4, -0.2) is 46.7 Å². The van der Waals surface area contributed by atoms with E-state index in [9.17, 15) is 15.0 Å². The second-order valence-electron chi connectivity index (χ2n) is 8.58. The molecule has 1 saturated heterocycles. The van der Waals surface area contributed by atoms with Crippen LogP contribution in [0.3, 0.4) is 0 Å². The van der Waals surface area contributed by atoms with Crippen LogP contribution in [0.2, 0.25) is 0 Å². The fraction of sp³-hybridized carbons (Fsp3) is 0.542. The van der Waals surface area contributed by atoms with E-state index in [1.54, 1.807) is 6.08 Å². The molecule has 1 aliphatic heterocycles. The Hall–Kier alpha value is -2.15. The maximum absolute atomic E-state index is 10.9. The largest absolute Gasteiger partial charge is 0.481 e. The van der Waals surface area contributed by atoms with Crippen LogP contribution in [0.1, 0.15) is 44.3 Å². The molecule has 0 unspecified atom stereocenters. The molecule has 1 saturated carbocycles. The molecule has 2 aliphatic rings. The summed E-state index contributed by atoms with van der Waals surface area (Å²) in [6.07, 6.45) is 5.32. The molecule has 0 amide bonds. The molecule has 2 heterocycles. The molecule has 0 spiro atoms. The number of carbonyl (C=O) groups is 1. The summed E-state index contributed by atoms with van der Waals surface area (Å²) in [5.41, 5.74) is 1.64. The molecule has 2 aromatic rings. The van der Waals surface area contributed by atoms with Gasteiger partial charge in [-0.05, 0) is 55.2 Å². The molecular formula is C24H30O6. The number of furan rings is 1. The van der Waals surface area contributed by atoms with E-state index in [4.69, 9.17) is 14.3 Å². The first-order valence-corrected chi connectivity index (χ1v) is 10.9. The third-order valence-corrected chi connectivity index (χ3v) is 6.66. The van der Waals surface area contributed by atoms with E-state index in [1.165, 1.54) is 0 Å². The SMILES string of the molecule is O=C(O)CCC[C@H]1CC[C@@H]2[C@@H](/C(=C/CO)c3cc4ccccc4o3)[C@H](O)C[C@@H]2OC1. The van der Waals surface area contributed by atoms with Gasteiger partial charge in [0.25, 0.3) is 0 Å². The van der Waals surface area contributed by atoms with Crippen LogP contribution in [0.5, 0.6) is 0 Å². The summed E-state index contributed by atoms with van der Waals surface area (Å²) in [6, 6.07) is 9.77. The van der Waals surface area contributed by atoms with Gasteiger partial charge in [0.15, 0.2) is 0 Å². The van der Waals surface area contributed by atoms with E-state index < -0.39 is 12.1 Å². The number of fused-ring (bicyclic) bond motifs is 2. The van der Waals surface area contributed by atoms with Gasteiger partial charge in [-0.1, -0.05) is 24.3 Å². The van der Waals surface area contributed by atoms with Crippen LogP contribution in [0.25, 0.3) is 16.5 Å². The fourth-order valence-corrected chi connectivity index (χ4v) is 5.24. The molecule has 1 aliphatic carbocycles. The number of carboxylic acids is 1. The normalized spacial score (nSPS) is 29.7. The molecule has 2 fully saturated rings. The Morgan fingerprint density at radius 3 is 2.83 bits per heavy atom. The Bertz CT molecular complexity index is 867. The Kier molecular flexibility index (Phi) is 6.56. The molecule has 5 atom stereocenters. The van der Waals surface area contributed by atoms with Crippen LogP contribution in [0.4, 0.5) is 0 Å². The van der Waals surface area contributed by atoms with Crippen molar-refractivity contribution in [3.63, 3.8) is 0 Å². The van der Waals surface area contributed by atoms with E-state index in [0.29, 0.717) is 31.1 Å². The van der Waals surface area contributed by atoms with E-state index in [1.807, 2.05) is 30.3 Å². The smallest absolute Gasteiger partial charge is 0.303 e. The van der Waals surface area contributed by atoms with Crippen LogP contribution in [0, 0.1) is 17.8 Å². The lowest BCUT2D eigenvalue weighted by Crippen LogP contribution is -2.24. The summed E-state index contributed by atoms with van der Waals surface area (Å²) < 4.78 is 12.3. The molecule has 30 heavy (non-hydrogen) atoms. The molecule has 0 bridgehead atoms. The molecule has 1 aromatic carbocycles. The number of carboxylic acid groups (broad SMARTS) is 1. The molecule has 6 heteroatoms. The number of hydrogen-bond donors (Lipinski definition) is 3. The van der Waals surface area contributed by atoms with Crippen molar-refractivity contribution in [1.82, 2.24) is 0 Å².